The molecule has 21 heavy (non-hydrogen) atoms. The molecule has 1 amide bonds. The Balaban J connectivity index is 1.66. The highest BCUT2D eigenvalue weighted by atomic mass is 35.5. The lowest BCUT2D eigenvalue weighted by atomic mass is 10.1. The van der Waals surface area contributed by atoms with Gasteiger partial charge in [0.15, 0.2) is 0 Å². The Bertz CT molecular complexity index is 655. The van der Waals surface area contributed by atoms with Gasteiger partial charge in [0.05, 0.1) is 5.69 Å². The third-order valence-electron chi connectivity index (χ3n) is 3.53. The average molecular weight is 302 g/mol. The number of hydrogen-bond donors (Lipinski definition) is 2. The minimum atomic E-state index is -0.154. The van der Waals surface area contributed by atoms with E-state index in [1.807, 2.05) is 30.3 Å². The molecule has 0 saturated carbocycles. The van der Waals surface area contributed by atoms with E-state index in [0.29, 0.717) is 17.3 Å². The molecule has 1 aliphatic heterocycles. The van der Waals surface area contributed by atoms with Crippen LogP contribution in [0.1, 0.15) is 27.3 Å². The van der Waals surface area contributed by atoms with E-state index in [-0.39, 0.29) is 5.91 Å². The zero-order valence-corrected chi connectivity index (χ0v) is 12.3. The molecule has 1 aliphatic rings. The molecule has 0 aliphatic carbocycles. The first-order valence-corrected chi connectivity index (χ1v) is 7.32. The SMILES string of the molecule is O=C(NCc1ccc(Cl)cc1)c1ccc2c(n1)CNCC2. The minimum absolute atomic E-state index is 0.154. The van der Waals surface area contributed by atoms with Crippen molar-refractivity contribution in [2.75, 3.05) is 6.54 Å². The summed E-state index contributed by atoms with van der Waals surface area (Å²) < 4.78 is 0. The Morgan fingerprint density at radius 3 is 2.86 bits per heavy atom. The number of amides is 1. The van der Waals surface area contributed by atoms with Crippen LogP contribution >= 0.6 is 11.6 Å². The van der Waals surface area contributed by atoms with Gasteiger partial charge in [0.2, 0.25) is 0 Å². The Morgan fingerprint density at radius 2 is 2.05 bits per heavy atom. The predicted octanol–water partition coefficient (Wildman–Crippen LogP) is 2.31. The Labute approximate surface area is 128 Å². The third kappa shape index (κ3) is 3.40. The van der Waals surface area contributed by atoms with Crippen molar-refractivity contribution in [3.63, 3.8) is 0 Å². The Morgan fingerprint density at radius 1 is 1.24 bits per heavy atom. The number of hydrogen-bond acceptors (Lipinski definition) is 3. The fourth-order valence-electron chi connectivity index (χ4n) is 2.34. The summed E-state index contributed by atoms with van der Waals surface area (Å²) in [5, 5.41) is 6.83. The van der Waals surface area contributed by atoms with Crippen LogP contribution in [-0.2, 0) is 19.5 Å². The molecular weight excluding hydrogens is 286 g/mol. The van der Waals surface area contributed by atoms with Crippen LogP contribution in [0.5, 0.6) is 0 Å². The van der Waals surface area contributed by atoms with Gasteiger partial charge in [-0.3, -0.25) is 4.79 Å². The summed E-state index contributed by atoms with van der Waals surface area (Å²) in [5.74, 6) is -0.154. The zero-order valence-electron chi connectivity index (χ0n) is 11.5. The Hall–Kier alpha value is -1.91. The summed E-state index contributed by atoms with van der Waals surface area (Å²) in [6.07, 6.45) is 0.967. The van der Waals surface area contributed by atoms with E-state index in [0.717, 1.165) is 30.8 Å². The summed E-state index contributed by atoms with van der Waals surface area (Å²) in [5.41, 5.74) is 3.67. The molecule has 2 aromatic rings. The van der Waals surface area contributed by atoms with Gasteiger partial charge in [-0.25, -0.2) is 4.98 Å². The van der Waals surface area contributed by atoms with E-state index in [2.05, 4.69) is 15.6 Å². The highest BCUT2D eigenvalue weighted by Crippen LogP contribution is 2.13. The summed E-state index contributed by atoms with van der Waals surface area (Å²) in [4.78, 5) is 16.6. The van der Waals surface area contributed by atoms with Crippen molar-refractivity contribution < 1.29 is 4.79 Å². The second-order valence-electron chi connectivity index (χ2n) is 5.04. The van der Waals surface area contributed by atoms with Gasteiger partial charge in [-0.15, -0.1) is 0 Å². The van der Waals surface area contributed by atoms with Crippen LogP contribution < -0.4 is 10.6 Å². The quantitative estimate of drug-likeness (QED) is 0.915. The maximum atomic E-state index is 12.2. The summed E-state index contributed by atoms with van der Waals surface area (Å²) in [6, 6.07) is 11.2. The molecule has 0 unspecified atom stereocenters. The molecule has 4 nitrogen and oxygen atoms in total. The maximum absolute atomic E-state index is 12.2. The number of fused-ring (bicyclic) bond motifs is 1. The number of aromatic nitrogens is 1. The molecule has 3 rings (SSSR count). The molecule has 0 bridgehead atoms. The van der Waals surface area contributed by atoms with E-state index in [9.17, 15) is 4.79 Å². The van der Waals surface area contributed by atoms with E-state index < -0.39 is 0 Å². The lowest BCUT2D eigenvalue weighted by Gasteiger charge is -2.16. The molecule has 1 aromatic carbocycles. The molecule has 0 spiro atoms. The molecule has 108 valence electrons. The number of rotatable bonds is 3. The first-order chi connectivity index (χ1) is 10.2. The fourth-order valence-corrected chi connectivity index (χ4v) is 2.47. The molecule has 0 saturated heterocycles. The van der Waals surface area contributed by atoms with E-state index in [1.165, 1.54) is 5.56 Å². The van der Waals surface area contributed by atoms with Gasteiger partial charge in [0, 0.05) is 18.1 Å². The molecule has 2 N–H and O–H groups in total. The smallest absolute Gasteiger partial charge is 0.270 e. The molecule has 0 radical (unpaired) electrons. The number of halogens is 1. The first kappa shape index (κ1) is 14.0. The summed E-state index contributed by atoms with van der Waals surface area (Å²) in [6.45, 7) is 2.16. The lowest BCUT2D eigenvalue weighted by Crippen LogP contribution is -2.28. The van der Waals surface area contributed by atoms with Gasteiger partial charge in [0.25, 0.3) is 5.91 Å². The second kappa shape index (κ2) is 6.24. The number of pyridine rings is 1. The highest BCUT2D eigenvalue weighted by molar-refractivity contribution is 6.30. The first-order valence-electron chi connectivity index (χ1n) is 6.94. The van der Waals surface area contributed by atoms with Gasteiger partial charge in [-0.2, -0.15) is 0 Å². The van der Waals surface area contributed by atoms with Crippen molar-refractivity contribution in [1.29, 1.82) is 0 Å². The highest BCUT2D eigenvalue weighted by Gasteiger charge is 2.13. The number of nitrogens with one attached hydrogen (secondary N) is 2. The molecule has 5 heteroatoms. The molecule has 0 atom stereocenters. The van der Waals surface area contributed by atoms with Crippen LogP contribution in [0.4, 0.5) is 0 Å². The van der Waals surface area contributed by atoms with Crippen molar-refractivity contribution in [2.45, 2.75) is 19.5 Å². The molecule has 0 fully saturated rings. The predicted molar refractivity (Wildman–Crippen MR) is 82.3 cm³/mol. The van der Waals surface area contributed by atoms with Crippen LogP contribution in [0.15, 0.2) is 36.4 Å². The number of carbonyl (C=O) groups is 1. The van der Waals surface area contributed by atoms with E-state index in [4.69, 9.17) is 11.6 Å². The van der Waals surface area contributed by atoms with Crippen LogP contribution in [0, 0.1) is 0 Å². The normalized spacial score (nSPS) is 13.6. The largest absolute Gasteiger partial charge is 0.347 e. The molecule has 2 heterocycles. The second-order valence-corrected chi connectivity index (χ2v) is 5.47. The monoisotopic (exact) mass is 301 g/mol. The molecular formula is C16H16ClN3O. The van der Waals surface area contributed by atoms with E-state index in [1.54, 1.807) is 6.07 Å². The van der Waals surface area contributed by atoms with Crippen molar-refractivity contribution >= 4 is 17.5 Å². The van der Waals surface area contributed by atoms with Crippen LogP contribution in [0.25, 0.3) is 0 Å². The lowest BCUT2D eigenvalue weighted by molar-refractivity contribution is 0.0945. The standard InChI is InChI=1S/C16H16ClN3O/c17-13-4-1-11(2-5-13)9-19-16(21)14-6-3-12-7-8-18-10-15(12)20-14/h1-6,18H,7-10H2,(H,19,21). The summed E-state index contributed by atoms with van der Waals surface area (Å²) in [7, 11) is 0. The van der Waals surface area contributed by atoms with Crippen molar-refractivity contribution in [3.05, 3.63) is 63.9 Å². The molecule has 1 aromatic heterocycles. The van der Waals surface area contributed by atoms with Crippen LogP contribution in [-0.4, -0.2) is 17.4 Å². The summed E-state index contributed by atoms with van der Waals surface area (Å²) >= 11 is 5.83. The maximum Gasteiger partial charge on any atom is 0.270 e. The number of benzene rings is 1. The van der Waals surface area contributed by atoms with E-state index >= 15 is 0 Å². The third-order valence-corrected chi connectivity index (χ3v) is 3.78. The topological polar surface area (TPSA) is 54.0 Å². The van der Waals surface area contributed by atoms with Crippen LogP contribution in [0.2, 0.25) is 5.02 Å². The fraction of sp³-hybridized carbons (Fsp3) is 0.250. The van der Waals surface area contributed by atoms with Gasteiger partial charge in [0.1, 0.15) is 5.69 Å². The van der Waals surface area contributed by atoms with Crippen LogP contribution in [0.3, 0.4) is 0 Å². The van der Waals surface area contributed by atoms with Gasteiger partial charge < -0.3 is 10.6 Å². The zero-order chi connectivity index (χ0) is 14.7. The van der Waals surface area contributed by atoms with Gasteiger partial charge in [-0.1, -0.05) is 29.8 Å². The van der Waals surface area contributed by atoms with Crippen molar-refractivity contribution in [3.8, 4) is 0 Å². The Kier molecular flexibility index (Phi) is 4.18. The van der Waals surface area contributed by atoms with Gasteiger partial charge >= 0.3 is 0 Å². The number of carbonyl (C=O) groups excluding carboxylic acids is 1. The number of nitrogens with zero attached hydrogens (tertiary/aromatic N) is 1. The minimum Gasteiger partial charge on any atom is -0.347 e. The van der Waals surface area contributed by atoms with Crippen molar-refractivity contribution in [1.82, 2.24) is 15.6 Å². The average Bonchev–Trinajstić information content (AvgIpc) is 2.53. The van der Waals surface area contributed by atoms with Crippen molar-refractivity contribution in [2.24, 2.45) is 0 Å². The van der Waals surface area contributed by atoms with Gasteiger partial charge in [-0.05, 0) is 42.3 Å².